The fourth-order valence-electron chi connectivity index (χ4n) is 1.73. The second-order valence-electron chi connectivity index (χ2n) is 4.24. The number of amides is 1. The molecule has 0 bridgehead atoms. The highest BCUT2D eigenvalue weighted by atomic mass is 79.9. The highest BCUT2D eigenvalue weighted by Gasteiger charge is 2.14. The van der Waals surface area contributed by atoms with Crippen LogP contribution < -0.4 is 14.8 Å². The molecule has 1 aromatic carbocycles. The molecule has 120 valence electrons. The van der Waals surface area contributed by atoms with Crippen molar-refractivity contribution in [2.24, 2.45) is 0 Å². The number of ether oxygens (including phenoxy) is 2. The zero-order valence-electron chi connectivity index (χ0n) is 12.6. The monoisotopic (exact) mass is 371 g/mol. The number of benzene rings is 1. The summed E-state index contributed by atoms with van der Waals surface area (Å²) in [6, 6.07) is 3.35. The molecule has 0 radical (unpaired) electrons. The summed E-state index contributed by atoms with van der Waals surface area (Å²) in [4.78, 5) is 22.2. The number of carboxylic acid groups (broad SMARTS) is 1. The molecule has 0 fully saturated rings. The number of hydrogen-bond donors (Lipinski definition) is 2. The molecule has 0 aliphatic heterocycles. The summed E-state index contributed by atoms with van der Waals surface area (Å²) in [6.07, 6.45) is 1.35. The molecule has 0 saturated carbocycles. The van der Waals surface area contributed by atoms with Gasteiger partial charge in [0.05, 0.1) is 17.7 Å². The number of halogens is 1. The lowest BCUT2D eigenvalue weighted by atomic mass is 10.1. The third-order valence-electron chi connectivity index (χ3n) is 2.47. The molecular formula is C15H18BrNO5. The quantitative estimate of drug-likeness (QED) is 0.719. The minimum absolute atomic E-state index is 0.217. The van der Waals surface area contributed by atoms with Crippen molar-refractivity contribution >= 4 is 33.9 Å². The van der Waals surface area contributed by atoms with Crippen LogP contribution in [-0.4, -0.2) is 30.2 Å². The van der Waals surface area contributed by atoms with Crippen LogP contribution in [0.3, 0.4) is 0 Å². The molecule has 0 aromatic heterocycles. The molecule has 6 nitrogen and oxygen atoms in total. The number of nitrogens with one attached hydrogen (secondary N) is 1. The van der Waals surface area contributed by atoms with Crippen molar-refractivity contribution in [3.05, 3.63) is 27.9 Å². The summed E-state index contributed by atoms with van der Waals surface area (Å²) in [5.41, 5.74) is 0.343. The predicted octanol–water partition coefficient (Wildman–Crippen LogP) is 2.81. The van der Waals surface area contributed by atoms with E-state index in [1.54, 1.807) is 12.1 Å². The van der Waals surface area contributed by atoms with Crippen LogP contribution in [-0.2, 0) is 9.59 Å². The molecule has 22 heavy (non-hydrogen) atoms. The lowest BCUT2D eigenvalue weighted by Crippen LogP contribution is -2.24. The van der Waals surface area contributed by atoms with E-state index in [1.807, 2.05) is 13.8 Å². The summed E-state index contributed by atoms with van der Waals surface area (Å²) in [7, 11) is 0. The number of carboxylic acids is 1. The molecule has 2 N–H and O–H groups in total. The first-order valence-corrected chi connectivity index (χ1v) is 7.50. The SMILES string of the molecule is CCOc1cc(/C=C(/NC(C)=O)C(=O)O)cc(Br)c1OCC. The fraction of sp³-hybridized carbons (Fsp3) is 0.333. The third kappa shape index (κ3) is 5.07. The number of carbonyl (C=O) groups excluding carboxylic acids is 1. The fourth-order valence-corrected chi connectivity index (χ4v) is 2.30. The van der Waals surface area contributed by atoms with Crippen molar-refractivity contribution < 1.29 is 24.2 Å². The van der Waals surface area contributed by atoms with Gasteiger partial charge in [-0.2, -0.15) is 0 Å². The minimum atomic E-state index is -1.22. The van der Waals surface area contributed by atoms with Crippen LogP contribution in [0.4, 0.5) is 0 Å². The van der Waals surface area contributed by atoms with Crippen LogP contribution in [0.5, 0.6) is 11.5 Å². The maximum Gasteiger partial charge on any atom is 0.352 e. The maximum atomic E-state index is 11.2. The van der Waals surface area contributed by atoms with Gasteiger partial charge in [-0.1, -0.05) is 0 Å². The second-order valence-corrected chi connectivity index (χ2v) is 5.09. The molecule has 1 aromatic rings. The molecule has 7 heteroatoms. The Morgan fingerprint density at radius 1 is 1.27 bits per heavy atom. The number of rotatable bonds is 7. The van der Waals surface area contributed by atoms with Crippen LogP contribution in [0.2, 0.25) is 0 Å². The Bertz CT molecular complexity index is 598. The Hall–Kier alpha value is -2.02. The Morgan fingerprint density at radius 3 is 2.41 bits per heavy atom. The van der Waals surface area contributed by atoms with Crippen molar-refractivity contribution in [1.82, 2.24) is 5.32 Å². The molecule has 1 rings (SSSR count). The van der Waals surface area contributed by atoms with Crippen LogP contribution in [0.15, 0.2) is 22.3 Å². The van der Waals surface area contributed by atoms with Gasteiger partial charge >= 0.3 is 5.97 Å². The van der Waals surface area contributed by atoms with Crippen molar-refractivity contribution in [2.45, 2.75) is 20.8 Å². The first-order valence-electron chi connectivity index (χ1n) is 6.70. The molecule has 0 heterocycles. The van der Waals surface area contributed by atoms with E-state index < -0.39 is 11.9 Å². The van der Waals surface area contributed by atoms with Crippen LogP contribution >= 0.6 is 15.9 Å². The predicted molar refractivity (Wildman–Crippen MR) is 85.9 cm³/mol. The molecule has 0 atom stereocenters. The third-order valence-corrected chi connectivity index (χ3v) is 3.06. The van der Waals surface area contributed by atoms with E-state index in [0.29, 0.717) is 34.7 Å². The lowest BCUT2D eigenvalue weighted by Gasteiger charge is -2.14. The Morgan fingerprint density at radius 2 is 1.91 bits per heavy atom. The van der Waals surface area contributed by atoms with Gasteiger partial charge in [-0.15, -0.1) is 0 Å². The summed E-state index contributed by atoms with van der Waals surface area (Å²) in [6.45, 7) is 5.86. The summed E-state index contributed by atoms with van der Waals surface area (Å²) >= 11 is 3.38. The van der Waals surface area contributed by atoms with Gasteiger partial charge in [0.1, 0.15) is 5.70 Å². The number of hydrogen-bond acceptors (Lipinski definition) is 4. The second kappa shape index (κ2) is 8.43. The van der Waals surface area contributed by atoms with E-state index in [-0.39, 0.29) is 5.70 Å². The normalized spacial score (nSPS) is 11.0. The molecule has 0 aliphatic rings. The summed E-state index contributed by atoms with van der Waals surface area (Å²) in [5, 5.41) is 11.4. The highest BCUT2D eigenvalue weighted by Crippen LogP contribution is 2.37. The van der Waals surface area contributed by atoms with Gasteiger partial charge < -0.3 is 19.9 Å². The van der Waals surface area contributed by atoms with Gasteiger partial charge in [0.25, 0.3) is 0 Å². The molecule has 0 saturated heterocycles. The van der Waals surface area contributed by atoms with Crippen LogP contribution in [0, 0.1) is 0 Å². The van der Waals surface area contributed by atoms with Crippen molar-refractivity contribution in [1.29, 1.82) is 0 Å². The van der Waals surface area contributed by atoms with E-state index in [0.717, 1.165) is 0 Å². The molecule has 0 aliphatic carbocycles. The van der Waals surface area contributed by atoms with Crippen LogP contribution in [0.25, 0.3) is 6.08 Å². The summed E-state index contributed by atoms with van der Waals surface area (Å²) in [5.74, 6) is -0.628. The zero-order chi connectivity index (χ0) is 16.7. The maximum absolute atomic E-state index is 11.2. The molecule has 1 amide bonds. The van der Waals surface area contributed by atoms with Gasteiger partial charge in [-0.3, -0.25) is 4.79 Å². The Kier molecular flexibility index (Phi) is 6.91. The smallest absolute Gasteiger partial charge is 0.352 e. The average Bonchev–Trinajstić information content (AvgIpc) is 2.41. The van der Waals surface area contributed by atoms with E-state index in [1.165, 1.54) is 13.0 Å². The molecular weight excluding hydrogens is 354 g/mol. The lowest BCUT2D eigenvalue weighted by molar-refractivity contribution is -0.134. The van der Waals surface area contributed by atoms with Crippen molar-refractivity contribution in [3.8, 4) is 11.5 Å². The van der Waals surface area contributed by atoms with E-state index in [2.05, 4.69) is 21.2 Å². The Labute approximate surface area is 137 Å². The van der Waals surface area contributed by atoms with Crippen molar-refractivity contribution in [2.75, 3.05) is 13.2 Å². The van der Waals surface area contributed by atoms with E-state index in [4.69, 9.17) is 14.6 Å². The summed E-state index contributed by atoms with van der Waals surface area (Å²) < 4.78 is 11.7. The first kappa shape index (κ1) is 18.0. The standard InChI is InChI=1S/C15H18BrNO5/c1-4-21-13-8-10(6-11(16)14(13)22-5-2)7-12(15(19)20)17-9(3)18/h6-8H,4-5H2,1-3H3,(H,17,18)(H,19,20)/b12-7+. The van der Waals surface area contributed by atoms with Gasteiger partial charge in [0, 0.05) is 6.92 Å². The van der Waals surface area contributed by atoms with E-state index >= 15 is 0 Å². The number of aliphatic carboxylic acids is 1. The van der Waals surface area contributed by atoms with E-state index in [9.17, 15) is 9.59 Å². The van der Waals surface area contributed by atoms with Crippen LogP contribution in [0.1, 0.15) is 26.3 Å². The van der Waals surface area contributed by atoms with Gasteiger partial charge in [-0.05, 0) is 53.5 Å². The molecule has 0 unspecified atom stereocenters. The Balaban J connectivity index is 3.29. The topological polar surface area (TPSA) is 84.9 Å². The first-order chi connectivity index (χ1) is 10.4. The number of carbonyl (C=O) groups is 2. The van der Waals surface area contributed by atoms with Gasteiger partial charge in [0.15, 0.2) is 11.5 Å². The van der Waals surface area contributed by atoms with Gasteiger partial charge in [0.2, 0.25) is 5.91 Å². The zero-order valence-corrected chi connectivity index (χ0v) is 14.2. The molecule has 0 spiro atoms. The van der Waals surface area contributed by atoms with Crippen molar-refractivity contribution in [3.63, 3.8) is 0 Å². The average molecular weight is 372 g/mol. The van der Waals surface area contributed by atoms with Gasteiger partial charge in [-0.25, -0.2) is 4.79 Å². The minimum Gasteiger partial charge on any atom is -0.490 e. The highest BCUT2D eigenvalue weighted by molar-refractivity contribution is 9.10. The largest absolute Gasteiger partial charge is 0.490 e.